The summed E-state index contributed by atoms with van der Waals surface area (Å²) in [4.78, 5) is 0. The van der Waals surface area contributed by atoms with Crippen molar-refractivity contribution in [3.05, 3.63) is 66.5 Å². The number of rotatable bonds is 1. The second-order valence-corrected chi connectivity index (χ2v) is 2.81. The first-order valence-corrected chi connectivity index (χ1v) is 4.62. The van der Waals surface area contributed by atoms with Gasteiger partial charge in [-0.25, -0.2) is 4.39 Å². The Morgan fingerprint density at radius 2 is 1.27 bits per heavy atom. The molecule has 0 heterocycles. The largest absolute Gasteiger partial charge is 0.497 e. The van der Waals surface area contributed by atoms with Gasteiger partial charge in [-0.15, -0.1) is 0 Å². The molecule has 0 aliphatic heterocycles. The lowest BCUT2D eigenvalue weighted by Crippen LogP contribution is -1.78. The summed E-state index contributed by atoms with van der Waals surface area (Å²) in [5.41, 5.74) is 0. The van der Waals surface area contributed by atoms with Gasteiger partial charge in [-0.2, -0.15) is 0 Å². The third-order valence-electron chi connectivity index (χ3n) is 1.71. The van der Waals surface area contributed by atoms with Crippen LogP contribution in [0.5, 0.6) is 5.75 Å². The highest BCUT2D eigenvalue weighted by atomic mass is 19.1. The van der Waals surface area contributed by atoms with Crippen LogP contribution in [0.25, 0.3) is 0 Å². The van der Waals surface area contributed by atoms with E-state index in [1.165, 1.54) is 12.1 Å². The molecule has 0 saturated heterocycles. The van der Waals surface area contributed by atoms with Crippen molar-refractivity contribution >= 4 is 0 Å². The molecular weight excluding hydrogens is 191 g/mol. The van der Waals surface area contributed by atoms with Crippen LogP contribution in [0.4, 0.5) is 4.39 Å². The predicted molar refractivity (Wildman–Crippen MR) is 59.4 cm³/mol. The molecule has 0 aromatic heterocycles. The average molecular weight is 204 g/mol. The Morgan fingerprint density at radius 3 is 1.53 bits per heavy atom. The number of halogens is 1. The first-order valence-electron chi connectivity index (χ1n) is 4.62. The van der Waals surface area contributed by atoms with E-state index in [0.29, 0.717) is 0 Å². The molecule has 0 aliphatic rings. The van der Waals surface area contributed by atoms with Gasteiger partial charge in [0.1, 0.15) is 11.6 Å². The Kier molecular flexibility index (Phi) is 4.95. The number of hydrogen-bond acceptors (Lipinski definition) is 1. The van der Waals surface area contributed by atoms with Gasteiger partial charge < -0.3 is 4.74 Å². The van der Waals surface area contributed by atoms with Crippen molar-refractivity contribution in [1.82, 2.24) is 0 Å². The third-order valence-corrected chi connectivity index (χ3v) is 1.71. The molecular formula is C13H13FO. The van der Waals surface area contributed by atoms with Gasteiger partial charge in [-0.3, -0.25) is 0 Å². The van der Waals surface area contributed by atoms with Crippen molar-refractivity contribution in [1.29, 1.82) is 0 Å². The molecule has 2 heteroatoms. The molecule has 0 saturated carbocycles. The fourth-order valence-electron chi connectivity index (χ4n) is 0.971. The topological polar surface area (TPSA) is 9.23 Å². The van der Waals surface area contributed by atoms with Crippen LogP contribution in [0, 0.1) is 5.82 Å². The van der Waals surface area contributed by atoms with E-state index in [9.17, 15) is 4.39 Å². The van der Waals surface area contributed by atoms with Crippen LogP contribution in [0.2, 0.25) is 0 Å². The van der Waals surface area contributed by atoms with Gasteiger partial charge in [0.15, 0.2) is 0 Å². The van der Waals surface area contributed by atoms with Crippen LogP contribution >= 0.6 is 0 Å². The Labute approximate surface area is 89.1 Å². The Morgan fingerprint density at radius 1 is 0.800 bits per heavy atom. The molecule has 0 amide bonds. The molecule has 0 unspecified atom stereocenters. The summed E-state index contributed by atoms with van der Waals surface area (Å²) in [6, 6.07) is 17.6. The highest BCUT2D eigenvalue weighted by Crippen LogP contribution is 2.05. The van der Waals surface area contributed by atoms with Crippen LogP contribution in [0.15, 0.2) is 60.7 Å². The lowest BCUT2D eigenvalue weighted by atomic mass is 10.3. The van der Waals surface area contributed by atoms with E-state index in [0.717, 1.165) is 5.75 Å². The van der Waals surface area contributed by atoms with Crippen LogP contribution in [-0.2, 0) is 0 Å². The zero-order valence-electron chi connectivity index (χ0n) is 8.56. The van der Waals surface area contributed by atoms with Gasteiger partial charge in [0.05, 0.1) is 7.11 Å². The van der Waals surface area contributed by atoms with Gasteiger partial charge in [0, 0.05) is 0 Å². The van der Waals surface area contributed by atoms with E-state index in [2.05, 4.69) is 0 Å². The zero-order chi connectivity index (χ0) is 10.9. The van der Waals surface area contributed by atoms with Gasteiger partial charge in [0.2, 0.25) is 0 Å². The van der Waals surface area contributed by atoms with Gasteiger partial charge in [0.25, 0.3) is 0 Å². The highest BCUT2D eigenvalue weighted by Gasteiger charge is 1.80. The summed E-state index contributed by atoms with van der Waals surface area (Å²) in [6.45, 7) is 0. The van der Waals surface area contributed by atoms with Crippen molar-refractivity contribution in [2.24, 2.45) is 0 Å². The van der Waals surface area contributed by atoms with E-state index < -0.39 is 0 Å². The third kappa shape index (κ3) is 4.81. The minimum Gasteiger partial charge on any atom is -0.497 e. The van der Waals surface area contributed by atoms with Crippen molar-refractivity contribution in [3.63, 3.8) is 0 Å². The number of ether oxygens (including phenoxy) is 1. The van der Waals surface area contributed by atoms with Crippen molar-refractivity contribution in [2.45, 2.75) is 0 Å². The molecule has 78 valence electrons. The minimum atomic E-state index is -0.178. The van der Waals surface area contributed by atoms with Crippen molar-refractivity contribution in [2.75, 3.05) is 7.11 Å². The molecule has 0 atom stereocenters. The van der Waals surface area contributed by atoms with Crippen LogP contribution in [-0.4, -0.2) is 7.11 Å². The highest BCUT2D eigenvalue weighted by molar-refractivity contribution is 5.20. The molecule has 0 fully saturated rings. The van der Waals surface area contributed by atoms with E-state index in [1.807, 2.05) is 30.3 Å². The SMILES string of the molecule is COc1ccccc1.Fc1ccccc1. The Hall–Kier alpha value is -1.83. The zero-order valence-corrected chi connectivity index (χ0v) is 8.56. The standard InChI is InChI=1S/C7H8O.C6H5F/c1-8-7-5-3-2-4-6-7;7-6-4-2-1-3-5-6/h2-6H,1H3;1-5H. The van der Waals surface area contributed by atoms with E-state index >= 15 is 0 Å². The van der Waals surface area contributed by atoms with Gasteiger partial charge >= 0.3 is 0 Å². The minimum absolute atomic E-state index is 0.178. The molecule has 0 N–H and O–H groups in total. The normalized spacial score (nSPS) is 8.67. The van der Waals surface area contributed by atoms with Gasteiger partial charge in [-0.1, -0.05) is 36.4 Å². The monoisotopic (exact) mass is 204 g/mol. The van der Waals surface area contributed by atoms with E-state index in [4.69, 9.17) is 4.74 Å². The summed E-state index contributed by atoms with van der Waals surface area (Å²) in [5, 5.41) is 0. The quantitative estimate of drug-likeness (QED) is 0.690. The van der Waals surface area contributed by atoms with Crippen LogP contribution < -0.4 is 4.74 Å². The molecule has 2 aromatic carbocycles. The first kappa shape index (κ1) is 11.2. The van der Waals surface area contributed by atoms with Crippen LogP contribution in [0.1, 0.15) is 0 Å². The van der Waals surface area contributed by atoms with Crippen molar-refractivity contribution in [3.8, 4) is 5.75 Å². The fourth-order valence-corrected chi connectivity index (χ4v) is 0.971. The maximum atomic E-state index is 11.9. The molecule has 0 bridgehead atoms. The smallest absolute Gasteiger partial charge is 0.123 e. The lowest BCUT2D eigenvalue weighted by molar-refractivity contribution is 0.415. The summed E-state index contributed by atoms with van der Waals surface area (Å²) in [5.74, 6) is 0.731. The number of para-hydroxylation sites is 1. The molecule has 2 rings (SSSR count). The molecule has 2 aromatic rings. The number of methoxy groups -OCH3 is 1. The van der Waals surface area contributed by atoms with Gasteiger partial charge in [-0.05, 0) is 24.3 Å². The summed E-state index contributed by atoms with van der Waals surface area (Å²) in [7, 11) is 1.66. The lowest BCUT2D eigenvalue weighted by Gasteiger charge is -1.93. The molecule has 15 heavy (non-hydrogen) atoms. The summed E-state index contributed by atoms with van der Waals surface area (Å²) < 4.78 is 16.8. The maximum absolute atomic E-state index is 11.9. The predicted octanol–water partition coefficient (Wildman–Crippen LogP) is 3.52. The summed E-state index contributed by atoms with van der Waals surface area (Å²) >= 11 is 0. The Balaban J connectivity index is 0.000000151. The fraction of sp³-hybridized carbons (Fsp3) is 0.0769. The second-order valence-electron chi connectivity index (χ2n) is 2.81. The maximum Gasteiger partial charge on any atom is 0.123 e. The number of hydrogen-bond donors (Lipinski definition) is 0. The molecule has 1 nitrogen and oxygen atoms in total. The Bertz CT molecular complexity index is 359. The second kappa shape index (κ2) is 6.60. The first-order chi connectivity index (χ1) is 7.33. The van der Waals surface area contributed by atoms with E-state index in [-0.39, 0.29) is 5.82 Å². The van der Waals surface area contributed by atoms with Crippen LogP contribution in [0.3, 0.4) is 0 Å². The number of benzene rings is 2. The average Bonchev–Trinajstić information content (AvgIpc) is 2.32. The summed E-state index contributed by atoms with van der Waals surface area (Å²) in [6.07, 6.45) is 0. The van der Waals surface area contributed by atoms with Crippen molar-refractivity contribution < 1.29 is 9.13 Å². The molecule has 0 spiro atoms. The molecule has 0 radical (unpaired) electrons. The molecule has 0 aliphatic carbocycles. The van der Waals surface area contributed by atoms with E-state index in [1.54, 1.807) is 25.3 Å².